The highest BCUT2D eigenvalue weighted by atomic mass is 35.5. The molecule has 6 heteroatoms. The molecule has 1 unspecified atom stereocenters. The molecule has 0 radical (unpaired) electrons. The fourth-order valence-electron chi connectivity index (χ4n) is 2.97. The molecule has 0 saturated carbocycles. The Bertz CT molecular complexity index is 676. The first-order valence-electron chi connectivity index (χ1n) is 7.30. The predicted octanol–water partition coefficient (Wildman–Crippen LogP) is 2.66. The zero-order valence-electron chi connectivity index (χ0n) is 12.3. The molecule has 0 N–H and O–H groups in total. The molecule has 1 aliphatic heterocycles. The Balaban J connectivity index is 2.05. The second kappa shape index (κ2) is 5.64. The van der Waals surface area contributed by atoms with Gasteiger partial charge in [-0.3, -0.25) is 9.36 Å². The van der Waals surface area contributed by atoms with E-state index in [-0.39, 0.29) is 17.8 Å². The predicted molar refractivity (Wildman–Crippen MR) is 82.3 cm³/mol. The van der Waals surface area contributed by atoms with Crippen LogP contribution >= 0.6 is 11.6 Å². The van der Waals surface area contributed by atoms with E-state index in [1.54, 1.807) is 6.20 Å². The summed E-state index contributed by atoms with van der Waals surface area (Å²) in [6, 6.07) is 1.60. The molecule has 1 amide bonds. The molecule has 1 atom stereocenters. The average molecular weight is 307 g/mol. The van der Waals surface area contributed by atoms with Gasteiger partial charge < -0.3 is 4.90 Å². The van der Waals surface area contributed by atoms with E-state index in [1.807, 2.05) is 29.4 Å². The zero-order chi connectivity index (χ0) is 15.0. The van der Waals surface area contributed by atoms with Crippen LogP contribution in [0.2, 0.25) is 0 Å². The lowest BCUT2D eigenvalue weighted by atomic mass is 10.2. The van der Waals surface area contributed by atoms with Crippen LogP contribution in [0.1, 0.15) is 37.2 Å². The lowest BCUT2D eigenvalue weighted by Gasteiger charge is -2.22. The number of aryl methyl sites for hydroxylation is 1. The van der Waals surface area contributed by atoms with Crippen LogP contribution in [0.3, 0.4) is 0 Å². The van der Waals surface area contributed by atoms with Crippen LogP contribution in [0, 0.1) is 6.92 Å². The van der Waals surface area contributed by atoms with E-state index < -0.39 is 0 Å². The maximum absolute atomic E-state index is 12.6. The fourth-order valence-corrected chi connectivity index (χ4v) is 3.16. The molecular formula is C15H19ClN4O. The highest BCUT2D eigenvalue weighted by Crippen LogP contribution is 2.25. The highest BCUT2D eigenvalue weighted by Gasteiger charge is 2.27. The molecule has 0 aliphatic carbocycles. The summed E-state index contributed by atoms with van der Waals surface area (Å²) in [4.78, 5) is 23.5. The Labute approximate surface area is 128 Å². The molecule has 5 nitrogen and oxygen atoms in total. The number of halogens is 1. The SMILES string of the molecule is Cc1ccnc2c1nc(CCl)n2C(C)C(=O)N1CCCC1. The Kier molecular flexibility index (Phi) is 3.85. The largest absolute Gasteiger partial charge is 0.341 e. The minimum Gasteiger partial charge on any atom is -0.341 e. The molecule has 112 valence electrons. The van der Waals surface area contributed by atoms with Crippen molar-refractivity contribution in [3.8, 4) is 0 Å². The van der Waals surface area contributed by atoms with Crippen LogP contribution < -0.4 is 0 Å². The van der Waals surface area contributed by atoms with Gasteiger partial charge in [0.25, 0.3) is 0 Å². The van der Waals surface area contributed by atoms with Gasteiger partial charge in [0.05, 0.1) is 5.88 Å². The van der Waals surface area contributed by atoms with Gasteiger partial charge in [0.15, 0.2) is 5.65 Å². The summed E-state index contributed by atoms with van der Waals surface area (Å²) >= 11 is 6.03. The van der Waals surface area contributed by atoms with E-state index in [9.17, 15) is 4.79 Å². The normalized spacial score (nSPS) is 16.6. The molecule has 0 bridgehead atoms. The zero-order valence-corrected chi connectivity index (χ0v) is 13.1. The molecule has 0 spiro atoms. The number of hydrogen-bond acceptors (Lipinski definition) is 3. The second-order valence-electron chi connectivity index (χ2n) is 5.54. The first-order chi connectivity index (χ1) is 10.1. The molecule has 2 aromatic heterocycles. The van der Waals surface area contributed by atoms with Crippen molar-refractivity contribution in [1.82, 2.24) is 19.4 Å². The standard InChI is InChI=1S/C15H19ClN4O/c1-10-5-6-17-14-13(10)18-12(9-16)20(14)11(2)15(21)19-7-3-4-8-19/h5-6,11H,3-4,7-9H2,1-2H3. The third-order valence-corrected chi connectivity index (χ3v) is 4.37. The minimum absolute atomic E-state index is 0.126. The van der Waals surface area contributed by atoms with Crippen molar-refractivity contribution in [2.45, 2.75) is 38.6 Å². The van der Waals surface area contributed by atoms with Gasteiger partial charge in [0.1, 0.15) is 17.4 Å². The minimum atomic E-state index is -0.323. The number of likely N-dealkylation sites (tertiary alicyclic amines) is 1. The fraction of sp³-hybridized carbons (Fsp3) is 0.533. The maximum Gasteiger partial charge on any atom is 0.245 e. The van der Waals surface area contributed by atoms with E-state index in [0.717, 1.165) is 42.7 Å². The molecular weight excluding hydrogens is 288 g/mol. The van der Waals surface area contributed by atoms with Gasteiger partial charge in [0, 0.05) is 19.3 Å². The van der Waals surface area contributed by atoms with E-state index in [2.05, 4.69) is 9.97 Å². The summed E-state index contributed by atoms with van der Waals surface area (Å²) in [5, 5.41) is 0. The van der Waals surface area contributed by atoms with Gasteiger partial charge in [-0.05, 0) is 38.3 Å². The molecule has 2 aromatic rings. The lowest BCUT2D eigenvalue weighted by Crippen LogP contribution is -2.34. The first-order valence-corrected chi connectivity index (χ1v) is 7.84. The summed E-state index contributed by atoms with van der Waals surface area (Å²) in [6.07, 6.45) is 3.92. The van der Waals surface area contributed by atoms with Crippen molar-refractivity contribution in [3.63, 3.8) is 0 Å². The Morgan fingerprint density at radius 1 is 1.43 bits per heavy atom. The Hall–Kier alpha value is -1.62. The third-order valence-electron chi connectivity index (χ3n) is 4.14. The number of pyridine rings is 1. The number of rotatable bonds is 3. The number of amides is 1. The van der Waals surface area contributed by atoms with Crippen molar-refractivity contribution in [2.75, 3.05) is 13.1 Å². The smallest absolute Gasteiger partial charge is 0.245 e. The van der Waals surface area contributed by atoms with Crippen LogP contribution in [-0.4, -0.2) is 38.4 Å². The van der Waals surface area contributed by atoms with E-state index in [1.165, 1.54) is 0 Å². The van der Waals surface area contributed by atoms with Crippen LogP contribution in [0.4, 0.5) is 0 Å². The van der Waals surface area contributed by atoms with Gasteiger partial charge in [-0.2, -0.15) is 0 Å². The maximum atomic E-state index is 12.6. The summed E-state index contributed by atoms with van der Waals surface area (Å²) in [5.41, 5.74) is 2.62. The van der Waals surface area contributed by atoms with Crippen LogP contribution in [-0.2, 0) is 10.7 Å². The van der Waals surface area contributed by atoms with Gasteiger partial charge in [0.2, 0.25) is 5.91 Å². The second-order valence-corrected chi connectivity index (χ2v) is 5.81. The van der Waals surface area contributed by atoms with Gasteiger partial charge in [-0.25, -0.2) is 9.97 Å². The van der Waals surface area contributed by atoms with E-state index >= 15 is 0 Å². The van der Waals surface area contributed by atoms with Crippen LogP contribution in [0.5, 0.6) is 0 Å². The number of carbonyl (C=O) groups is 1. The summed E-state index contributed by atoms with van der Waals surface area (Å²) in [7, 11) is 0. The number of nitrogens with zero attached hydrogens (tertiary/aromatic N) is 4. The Morgan fingerprint density at radius 2 is 2.14 bits per heavy atom. The van der Waals surface area contributed by atoms with Crippen molar-refractivity contribution in [2.24, 2.45) is 0 Å². The molecule has 1 saturated heterocycles. The Morgan fingerprint density at radius 3 is 2.81 bits per heavy atom. The number of hydrogen-bond donors (Lipinski definition) is 0. The monoisotopic (exact) mass is 306 g/mol. The van der Waals surface area contributed by atoms with E-state index in [0.29, 0.717) is 5.82 Å². The number of aromatic nitrogens is 3. The molecule has 0 aromatic carbocycles. The summed E-state index contributed by atoms with van der Waals surface area (Å²) < 4.78 is 1.88. The van der Waals surface area contributed by atoms with Gasteiger partial charge >= 0.3 is 0 Å². The number of fused-ring (bicyclic) bond motifs is 1. The molecule has 3 heterocycles. The van der Waals surface area contributed by atoms with Crippen molar-refractivity contribution in [3.05, 3.63) is 23.7 Å². The molecule has 1 fully saturated rings. The van der Waals surface area contributed by atoms with Gasteiger partial charge in [-0.15, -0.1) is 11.6 Å². The number of alkyl halides is 1. The summed E-state index contributed by atoms with van der Waals surface area (Å²) in [6.45, 7) is 5.59. The summed E-state index contributed by atoms with van der Waals surface area (Å²) in [5.74, 6) is 1.10. The molecule has 3 rings (SSSR count). The molecule has 21 heavy (non-hydrogen) atoms. The molecule has 1 aliphatic rings. The van der Waals surface area contributed by atoms with Crippen molar-refractivity contribution < 1.29 is 4.79 Å². The first kappa shape index (κ1) is 14.3. The quantitative estimate of drug-likeness (QED) is 0.819. The van der Waals surface area contributed by atoms with Crippen molar-refractivity contribution in [1.29, 1.82) is 0 Å². The van der Waals surface area contributed by atoms with E-state index in [4.69, 9.17) is 11.6 Å². The lowest BCUT2D eigenvalue weighted by molar-refractivity contribution is -0.133. The van der Waals surface area contributed by atoms with Crippen molar-refractivity contribution >= 4 is 28.7 Å². The number of carbonyl (C=O) groups excluding carboxylic acids is 1. The van der Waals surface area contributed by atoms with Crippen LogP contribution in [0.25, 0.3) is 11.2 Å². The average Bonchev–Trinajstić information content (AvgIpc) is 3.13. The highest BCUT2D eigenvalue weighted by molar-refractivity contribution is 6.16. The van der Waals surface area contributed by atoms with Gasteiger partial charge in [-0.1, -0.05) is 0 Å². The topological polar surface area (TPSA) is 51.0 Å². The third kappa shape index (κ3) is 2.39. The number of imidazole rings is 1. The van der Waals surface area contributed by atoms with Crippen LogP contribution in [0.15, 0.2) is 12.3 Å².